The van der Waals surface area contributed by atoms with E-state index < -0.39 is 10.0 Å². The van der Waals surface area contributed by atoms with E-state index in [9.17, 15) is 13.2 Å². The maximum atomic E-state index is 12.9. The van der Waals surface area contributed by atoms with Gasteiger partial charge in [-0.05, 0) is 42.5 Å². The molecule has 0 bridgehead atoms. The van der Waals surface area contributed by atoms with Gasteiger partial charge in [0.25, 0.3) is 0 Å². The number of methoxy groups -OCH3 is 1. The molecule has 2 heterocycles. The van der Waals surface area contributed by atoms with Gasteiger partial charge in [0.05, 0.1) is 25.2 Å². The first-order valence-corrected chi connectivity index (χ1v) is 12.0. The SMILES string of the molecule is COc1ccc(N2CCN(C(=O)Nc3cccc(S(=O)(=O)N4CCOCC4)c3)CC2)cc1. The number of nitrogens with zero attached hydrogens (tertiary/aromatic N) is 3. The van der Waals surface area contributed by atoms with Crippen LogP contribution in [0.5, 0.6) is 5.75 Å². The lowest BCUT2D eigenvalue weighted by molar-refractivity contribution is 0.0730. The number of benzene rings is 2. The molecule has 2 fully saturated rings. The quantitative estimate of drug-likeness (QED) is 0.735. The molecule has 0 radical (unpaired) electrons. The summed E-state index contributed by atoms with van der Waals surface area (Å²) < 4.78 is 37.6. The highest BCUT2D eigenvalue weighted by molar-refractivity contribution is 7.89. The van der Waals surface area contributed by atoms with Crippen LogP contribution in [0.1, 0.15) is 0 Å². The third-order valence-electron chi connectivity index (χ3n) is 5.70. The van der Waals surface area contributed by atoms with Crippen molar-refractivity contribution in [3.63, 3.8) is 0 Å². The van der Waals surface area contributed by atoms with Gasteiger partial charge >= 0.3 is 6.03 Å². The zero-order chi connectivity index (χ0) is 22.6. The number of hydrogen-bond donors (Lipinski definition) is 1. The number of carbonyl (C=O) groups is 1. The molecule has 0 spiro atoms. The number of morpholine rings is 1. The number of urea groups is 1. The number of sulfonamides is 1. The first-order chi connectivity index (χ1) is 15.5. The first kappa shape index (κ1) is 22.4. The van der Waals surface area contributed by atoms with Crippen molar-refractivity contribution in [2.24, 2.45) is 0 Å². The van der Waals surface area contributed by atoms with E-state index in [1.807, 2.05) is 24.3 Å². The number of rotatable bonds is 5. The van der Waals surface area contributed by atoms with E-state index in [1.165, 1.54) is 10.4 Å². The zero-order valence-corrected chi connectivity index (χ0v) is 18.9. The molecule has 0 aromatic heterocycles. The highest BCUT2D eigenvalue weighted by Gasteiger charge is 2.27. The number of piperazine rings is 1. The Labute approximate surface area is 188 Å². The van der Waals surface area contributed by atoms with E-state index in [2.05, 4.69) is 10.2 Å². The Kier molecular flexibility index (Phi) is 6.83. The number of hydrogen-bond acceptors (Lipinski definition) is 6. The van der Waals surface area contributed by atoms with Crippen LogP contribution in [0.2, 0.25) is 0 Å². The summed E-state index contributed by atoms with van der Waals surface area (Å²) in [7, 11) is -1.98. The summed E-state index contributed by atoms with van der Waals surface area (Å²) in [5, 5.41) is 2.84. The fraction of sp³-hybridized carbons (Fsp3) is 0.409. The highest BCUT2D eigenvalue weighted by Crippen LogP contribution is 2.22. The lowest BCUT2D eigenvalue weighted by Crippen LogP contribution is -2.50. The van der Waals surface area contributed by atoms with Crippen LogP contribution in [-0.2, 0) is 14.8 Å². The van der Waals surface area contributed by atoms with E-state index in [0.717, 1.165) is 11.4 Å². The molecule has 2 aromatic carbocycles. The van der Waals surface area contributed by atoms with Crippen LogP contribution >= 0.6 is 0 Å². The molecule has 2 aliphatic rings. The van der Waals surface area contributed by atoms with Crippen LogP contribution in [0.4, 0.5) is 16.2 Å². The molecular weight excluding hydrogens is 432 g/mol. The standard InChI is InChI=1S/C22H28N4O5S/c1-30-20-7-5-19(6-8-20)24-9-11-25(12-10-24)22(27)23-18-3-2-4-21(17-18)32(28,29)26-13-15-31-16-14-26/h2-8,17H,9-16H2,1H3,(H,23,27). The van der Waals surface area contributed by atoms with E-state index in [0.29, 0.717) is 58.2 Å². The van der Waals surface area contributed by atoms with Gasteiger partial charge in [-0.2, -0.15) is 4.31 Å². The average Bonchev–Trinajstić information content (AvgIpc) is 2.85. The van der Waals surface area contributed by atoms with Gasteiger partial charge in [0, 0.05) is 50.6 Å². The fourth-order valence-electron chi connectivity index (χ4n) is 3.83. The summed E-state index contributed by atoms with van der Waals surface area (Å²) >= 11 is 0. The van der Waals surface area contributed by atoms with Crippen LogP contribution in [0.3, 0.4) is 0 Å². The Morgan fingerprint density at radius 3 is 2.31 bits per heavy atom. The van der Waals surface area contributed by atoms with Gasteiger partial charge in [-0.1, -0.05) is 6.07 Å². The molecule has 2 amide bonds. The van der Waals surface area contributed by atoms with Crippen molar-refractivity contribution in [1.82, 2.24) is 9.21 Å². The second-order valence-electron chi connectivity index (χ2n) is 7.65. The van der Waals surface area contributed by atoms with Crippen molar-refractivity contribution >= 4 is 27.4 Å². The molecule has 1 N–H and O–H groups in total. The van der Waals surface area contributed by atoms with Crippen molar-refractivity contribution in [3.8, 4) is 5.75 Å². The zero-order valence-electron chi connectivity index (χ0n) is 18.1. The lowest BCUT2D eigenvalue weighted by Gasteiger charge is -2.36. The molecule has 0 aliphatic carbocycles. The highest BCUT2D eigenvalue weighted by atomic mass is 32.2. The monoisotopic (exact) mass is 460 g/mol. The summed E-state index contributed by atoms with van der Waals surface area (Å²) in [6.45, 7) is 4.01. The minimum absolute atomic E-state index is 0.168. The molecular formula is C22H28N4O5S. The molecule has 32 heavy (non-hydrogen) atoms. The molecule has 9 nitrogen and oxygen atoms in total. The number of nitrogens with one attached hydrogen (secondary N) is 1. The third kappa shape index (κ3) is 4.98. The topological polar surface area (TPSA) is 91.4 Å². The van der Waals surface area contributed by atoms with Gasteiger partial charge in [0.1, 0.15) is 5.75 Å². The minimum atomic E-state index is -3.62. The Balaban J connectivity index is 1.35. The second kappa shape index (κ2) is 9.76. The molecule has 4 rings (SSSR count). The van der Waals surface area contributed by atoms with E-state index in [1.54, 1.807) is 30.2 Å². The molecule has 172 valence electrons. The first-order valence-electron chi connectivity index (χ1n) is 10.6. The lowest BCUT2D eigenvalue weighted by atomic mass is 10.2. The summed E-state index contributed by atoms with van der Waals surface area (Å²) in [5.74, 6) is 0.810. The maximum Gasteiger partial charge on any atom is 0.321 e. The molecule has 10 heteroatoms. The molecule has 0 unspecified atom stereocenters. The minimum Gasteiger partial charge on any atom is -0.497 e. The van der Waals surface area contributed by atoms with Gasteiger partial charge in [-0.3, -0.25) is 0 Å². The van der Waals surface area contributed by atoms with Crippen molar-refractivity contribution in [3.05, 3.63) is 48.5 Å². The Morgan fingerprint density at radius 2 is 1.66 bits per heavy atom. The van der Waals surface area contributed by atoms with Crippen LogP contribution in [0, 0.1) is 0 Å². The van der Waals surface area contributed by atoms with Crippen molar-refractivity contribution in [1.29, 1.82) is 0 Å². The predicted molar refractivity (Wildman–Crippen MR) is 122 cm³/mol. The average molecular weight is 461 g/mol. The second-order valence-corrected chi connectivity index (χ2v) is 9.58. The van der Waals surface area contributed by atoms with Gasteiger partial charge < -0.3 is 24.6 Å². The summed E-state index contributed by atoms with van der Waals surface area (Å²) in [5.41, 5.74) is 1.55. The maximum absolute atomic E-state index is 12.9. The summed E-state index contributed by atoms with van der Waals surface area (Å²) in [4.78, 5) is 16.9. The molecule has 0 atom stereocenters. The molecule has 2 saturated heterocycles. The van der Waals surface area contributed by atoms with Gasteiger partial charge in [0.2, 0.25) is 10.0 Å². The number of amides is 2. The van der Waals surface area contributed by atoms with Crippen LogP contribution < -0.4 is 15.0 Å². The Hall–Kier alpha value is -2.82. The Bertz CT molecular complexity index is 1030. The molecule has 0 saturated carbocycles. The normalized spacial score (nSPS) is 17.8. The van der Waals surface area contributed by atoms with Crippen molar-refractivity contribution in [2.75, 3.05) is 69.8 Å². The largest absolute Gasteiger partial charge is 0.497 e. The van der Waals surface area contributed by atoms with E-state index in [4.69, 9.17) is 9.47 Å². The van der Waals surface area contributed by atoms with Crippen LogP contribution in [0.25, 0.3) is 0 Å². The van der Waals surface area contributed by atoms with E-state index >= 15 is 0 Å². The summed E-state index contributed by atoms with van der Waals surface area (Å²) in [6, 6.07) is 14.0. The summed E-state index contributed by atoms with van der Waals surface area (Å²) in [6.07, 6.45) is 0. The van der Waals surface area contributed by atoms with E-state index in [-0.39, 0.29) is 10.9 Å². The fourth-order valence-corrected chi connectivity index (χ4v) is 5.29. The van der Waals surface area contributed by atoms with Crippen LogP contribution in [-0.4, -0.2) is 83.2 Å². The number of carbonyl (C=O) groups excluding carboxylic acids is 1. The predicted octanol–water partition coefficient (Wildman–Crippen LogP) is 2.07. The van der Waals surface area contributed by atoms with Gasteiger partial charge in [-0.25, -0.2) is 13.2 Å². The number of anilines is 2. The van der Waals surface area contributed by atoms with Crippen molar-refractivity contribution in [2.45, 2.75) is 4.90 Å². The molecule has 2 aliphatic heterocycles. The number of ether oxygens (including phenoxy) is 2. The van der Waals surface area contributed by atoms with Crippen LogP contribution in [0.15, 0.2) is 53.4 Å². The van der Waals surface area contributed by atoms with Crippen molar-refractivity contribution < 1.29 is 22.7 Å². The third-order valence-corrected chi connectivity index (χ3v) is 7.59. The smallest absolute Gasteiger partial charge is 0.321 e. The van der Waals surface area contributed by atoms with Gasteiger partial charge in [-0.15, -0.1) is 0 Å². The Morgan fingerprint density at radius 1 is 0.969 bits per heavy atom. The molecule has 2 aromatic rings. The van der Waals surface area contributed by atoms with Gasteiger partial charge in [0.15, 0.2) is 0 Å².